The lowest BCUT2D eigenvalue weighted by Crippen LogP contribution is -2.13. The summed E-state index contributed by atoms with van der Waals surface area (Å²) < 4.78 is 52.4. The van der Waals surface area contributed by atoms with Crippen molar-refractivity contribution in [2.24, 2.45) is 0 Å². The predicted octanol–water partition coefficient (Wildman–Crippen LogP) is 7.09. The third-order valence-electron chi connectivity index (χ3n) is 5.38. The van der Waals surface area contributed by atoms with Crippen LogP contribution in [0.5, 0.6) is 11.5 Å². The average Bonchev–Trinajstić information content (AvgIpc) is 3.31. The maximum atomic E-state index is 13.6. The van der Waals surface area contributed by atoms with Gasteiger partial charge in [0.25, 0.3) is 0 Å². The largest absolute Gasteiger partial charge is 0.494 e. The van der Waals surface area contributed by atoms with Gasteiger partial charge in [-0.15, -0.1) is 0 Å². The summed E-state index contributed by atoms with van der Waals surface area (Å²) in [6, 6.07) is 14.0. The summed E-state index contributed by atoms with van der Waals surface area (Å²) in [5.41, 5.74) is 0.119. The Kier molecular flexibility index (Phi) is 7.40. The van der Waals surface area contributed by atoms with Crippen molar-refractivity contribution in [1.29, 1.82) is 0 Å². The van der Waals surface area contributed by atoms with E-state index in [1.807, 2.05) is 6.92 Å². The molecule has 180 valence electrons. The summed E-state index contributed by atoms with van der Waals surface area (Å²) >= 11 is 0. The zero-order valence-corrected chi connectivity index (χ0v) is 18.9. The fourth-order valence-corrected chi connectivity index (χ4v) is 3.71. The predicted molar refractivity (Wildman–Crippen MR) is 125 cm³/mol. The molecule has 1 heterocycles. The van der Waals surface area contributed by atoms with Gasteiger partial charge in [-0.05, 0) is 68.5 Å². The van der Waals surface area contributed by atoms with E-state index in [1.54, 1.807) is 48.5 Å². The normalized spacial score (nSPS) is 14.1. The lowest BCUT2D eigenvalue weighted by Gasteiger charge is -2.17. The lowest BCUT2D eigenvalue weighted by molar-refractivity contribution is -0.137. The van der Waals surface area contributed by atoms with Crippen molar-refractivity contribution >= 4 is 23.1 Å². The van der Waals surface area contributed by atoms with E-state index >= 15 is 0 Å². The second kappa shape index (κ2) is 10.6. The number of ether oxygens (including phenoxy) is 2. The third kappa shape index (κ3) is 6.30. The number of nitrogens with one attached hydrogen (secondary N) is 2. The van der Waals surface area contributed by atoms with E-state index in [1.165, 1.54) is 0 Å². The molecule has 1 aliphatic carbocycles. The van der Waals surface area contributed by atoms with Crippen LogP contribution >= 0.6 is 0 Å². The zero-order chi connectivity index (χ0) is 24.0. The van der Waals surface area contributed by atoms with Gasteiger partial charge in [-0.25, -0.2) is 4.98 Å². The minimum absolute atomic E-state index is 0.0380. The molecule has 1 aliphatic rings. The van der Waals surface area contributed by atoms with Crippen LogP contribution < -0.4 is 20.1 Å². The molecule has 3 aromatic rings. The van der Waals surface area contributed by atoms with Crippen molar-refractivity contribution in [1.82, 2.24) is 9.97 Å². The van der Waals surface area contributed by atoms with Gasteiger partial charge in [-0.2, -0.15) is 18.2 Å². The first-order chi connectivity index (χ1) is 16.4. The van der Waals surface area contributed by atoms with Gasteiger partial charge in [0.15, 0.2) is 0 Å². The molecule has 6 nitrogen and oxygen atoms in total. The maximum absolute atomic E-state index is 13.6. The number of rotatable bonds is 9. The molecule has 0 unspecified atom stereocenters. The van der Waals surface area contributed by atoms with Crippen molar-refractivity contribution in [2.75, 3.05) is 17.2 Å². The van der Waals surface area contributed by atoms with Crippen molar-refractivity contribution in [3.63, 3.8) is 0 Å². The van der Waals surface area contributed by atoms with Crippen LogP contribution in [0.1, 0.15) is 44.6 Å². The summed E-state index contributed by atoms with van der Waals surface area (Å²) in [6.07, 6.45) is 1.43. The number of hydrogen-bond donors (Lipinski definition) is 2. The van der Waals surface area contributed by atoms with Gasteiger partial charge in [0.1, 0.15) is 22.9 Å². The zero-order valence-electron chi connectivity index (χ0n) is 18.9. The van der Waals surface area contributed by atoms with Crippen LogP contribution in [0.15, 0.2) is 54.7 Å². The molecule has 0 atom stereocenters. The van der Waals surface area contributed by atoms with E-state index < -0.39 is 11.7 Å². The minimum atomic E-state index is -4.61. The Morgan fingerprint density at radius 1 is 0.971 bits per heavy atom. The summed E-state index contributed by atoms with van der Waals surface area (Å²) in [7, 11) is 0. The van der Waals surface area contributed by atoms with Crippen LogP contribution in [0.2, 0.25) is 0 Å². The van der Waals surface area contributed by atoms with Crippen LogP contribution in [0, 0.1) is 0 Å². The Labute approximate surface area is 196 Å². The van der Waals surface area contributed by atoms with Gasteiger partial charge in [0.2, 0.25) is 5.95 Å². The SMILES string of the molecule is CCCOc1ccc(Nc2ncc(C(F)(F)F)c(Nc3cccc(OC4CCCC4)c3)n2)cc1. The molecule has 34 heavy (non-hydrogen) atoms. The van der Waals surface area contributed by atoms with E-state index in [0.717, 1.165) is 38.3 Å². The highest BCUT2D eigenvalue weighted by molar-refractivity contribution is 5.64. The van der Waals surface area contributed by atoms with Crippen molar-refractivity contribution in [2.45, 2.75) is 51.3 Å². The number of aromatic nitrogens is 2. The fourth-order valence-electron chi connectivity index (χ4n) is 3.71. The van der Waals surface area contributed by atoms with Gasteiger partial charge in [0, 0.05) is 23.6 Å². The highest BCUT2D eigenvalue weighted by Gasteiger charge is 2.35. The maximum Gasteiger partial charge on any atom is 0.421 e. The Morgan fingerprint density at radius 3 is 2.44 bits per heavy atom. The number of hydrogen-bond acceptors (Lipinski definition) is 6. The molecule has 0 amide bonds. The highest BCUT2D eigenvalue weighted by Crippen LogP contribution is 2.36. The molecule has 1 aromatic heterocycles. The molecular formula is C25H27F3N4O2. The second-order valence-electron chi connectivity index (χ2n) is 8.13. The molecular weight excluding hydrogens is 445 g/mol. The lowest BCUT2D eigenvalue weighted by atomic mass is 10.2. The summed E-state index contributed by atoms with van der Waals surface area (Å²) in [5.74, 6) is 1.02. The molecule has 0 aliphatic heterocycles. The number of alkyl halides is 3. The molecule has 9 heteroatoms. The molecule has 2 aromatic carbocycles. The number of nitrogens with zero attached hydrogens (tertiary/aromatic N) is 2. The molecule has 0 bridgehead atoms. The van der Waals surface area contributed by atoms with Crippen LogP contribution in [0.25, 0.3) is 0 Å². The van der Waals surface area contributed by atoms with E-state index in [2.05, 4.69) is 20.6 Å². The first kappa shape index (κ1) is 23.7. The molecule has 0 saturated heterocycles. The minimum Gasteiger partial charge on any atom is -0.494 e. The van der Waals surface area contributed by atoms with Gasteiger partial charge in [0.05, 0.1) is 12.7 Å². The Hall–Kier alpha value is -3.49. The number of benzene rings is 2. The van der Waals surface area contributed by atoms with Gasteiger partial charge < -0.3 is 20.1 Å². The topological polar surface area (TPSA) is 68.3 Å². The van der Waals surface area contributed by atoms with Crippen LogP contribution in [-0.2, 0) is 6.18 Å². The van der Waals surface area contributed by atoms with Crippen LogP contribution in [0.4, 0.5) is 36.3 Å². The Morgan fingerprint density at radius 2 is 1.74 bits per heavy atom. The molecule has 1 fully saturated rings. The van der Waals surface area contributed by atoms with E-state index in [9.17, 15) is 13.2 Å². The standard InChI is InChI=1S/C25H27F3N4O2/c1-2-14-33-19-12-10-17(11-13-19)31-24-29-16-22(25(26,27)28)23(32-24)30-18-6-5-9-21(15-18)34-20-7-3-4-8-20/h5-6,9-13,15-16,20H,2-4,7-8,14H2,1H3,(H2,29,30,31,32). The summed E-state index contributed by atoms with van der Waals surface area (Å²) in [4.78, 5) is 7.97. The Bertz CT molecular complexity index is 1080. The van der Waals surface area contributed by atoms with Crippen LogP contribution in [-0.4, -0.2) is 22.7 Å². The van der Waals surface area contributed by atoms with Crippen molar-refractivity contribution in [3.05, 3.63) is 60.3 Å². The smallest absolute Gasteiger partial charge is 0.421 e. The number of anilines is 4. The molecule has 1 saturated carbocycles. The first-order valence-corrected chi connectivity index (χ1v) is 11.4. The van der Waals surface area contributed by atoms with Crippen molar-refractivity contribution < 1.29 is 22.6 Å². The second-order valence-corrected chi connectivity index (χ2v) is 8.13. The molecule has 2 N–H and O–H groups in total. The fraction of sp³-hybridized carbons (Fsp3) is 0.360. The quantitative estimate of drug-likeness (QED) is 0.346. The highest BCUT2D eigenvalue weighted by atomic mass is 19.4. The third-order valence-corrected chi connectivity index (χ3v) is 5.38. The van der Waals surface area contributed by atoms with E-state index in [4.69, 9.17) is 9.47 Å². The first-order valence-electron chi connectivity index (χ1n) is 11.4. The van der Waals surface area contributed by atoms with Gasteiger partial charge in [-0.1, -0.05) is 13.0 Å². The van der Waals surface area contributed by atoms with Crippen molar-refractivity contribution in [3.8, 4) is 11.5 Å². The van der Waals surface area contributed by atoms with Gasteiger partial charge >= 0.3 is 6.18 Å². The van der Waals surface area contributed by atoms with E-state index in [0.29, 0.717) is 29.5 Å². The molecule has 0 spiro atoms. The van der Waals surface area contributed by atoms with Crippen LogP contribution in [0.3, 0.4) is 0 Å². The summed E-state index contributed by atoms with van der Waals surface area (Å²) in [5, 5.41) is 5.73. The average molecular weight is 473 g/mol. The van der Waals surface area contributed by atoms with E-state index in [-0.39, 0.29) is 17.9 Å². The monoisotopic (exact) mass is 472 g/mol. The summed E-state index contributed by atoms with van der Waals surface area (Å²) in [6.45, 7) is 2.62. The molecule has 0 radical (unpaired) electrons. The molecule has 4 rings (SSSR count). The number of halogens is 3. The Balaban J connectivity index is 1.53. The van der Waals surface area contributed by atoms with Gasteiger partial charge in [-0.3, -0.25) is 0 Å².